The van der Waals surface area contributed by atoms with Crippen LogP contribution >= 0.6 is 0 Å². The molecule has 0 aliphatic heterocycles. The number of nitriles is 1. The predicted molar refractivity (Wildman–Crippen MR) is 56.5 cm³/mol. The van der Waals surface area contributed by atoms with E-state index in [2.05, 4.69) is 0 Å². The molecule has 0 atom stereocenters. The number of halogens is 2. The first-order chi connectivity index (χ1) is 7.55. The molecule has 0 amide bonds. The molecular weight excluding hydrogens is 212 g/mol. The molecule has 4 heteroatoms. The van der Waals surface area contributed by atoms with Gasteiger partial charge in [-0.2, -0.15) is 5.26 Å². The number of alkyl halides is 2. The molecule has 0 aliphatic carbocycles. The van der Waals surface area contributed by atoms with Crippen molar-refractivity contribution in [1.82, 2.24) is 0 Å². The van der Waals surface area contributed by atoms with Crippen LogP contribution in [0.5, 0.6) is 5.75 Å². The summed E-state index contributed by atoms with van der Waals surface area (Å²) in [5.41, 5.74) is 0.587. The lowest BCUT2D eigenvalue weighted by molar-refractivity contribution is 0.000841. The molecule has 0 bridgehead atoms. The summed E-state index contributed by atoms with van der Waals surface area (Å²) in [6, 6.07) is 5.70. The number of nitrogens with zero attached hydrogens (tertiary/aromatic N) is 1. The Morgan fingerprint density at radius 1 is 1.44 bits per heavy atom. The van der Waals surface area contributed by atoms with Gasteiger partial charge in [-0.25, -0.2) is 8.78 Å². The topological polar surface area (TPSA) is 33.0 Å². The molecule has 0 unspecified atom stereocenters. The number of benzene rings is 1. The molecular formula is C12H13F2NO. The van der Waals surface area contributed by atoms with Crippen molar-refractivity contribution in [1.29, 1.82) is 5.26 Å². The Hall–Kier alpha value is -1.63. The van der Waals surface area contributed by atoms with Gasteiger partial charge in [0, 0.05) is 5.56 Å². The van der Waals surface area contributed by atoms with E-state index >= 15 is 0 Å². The maximum atomic E-state index is 13.4. The first-order valence-electron chi connectivity index (χ1n) is 4.97. The molecule has 0 spiro atoms. The molecule has 2 nitrogen and oxygen atoms in total. The standard InChI is InChI=1S/C12H13F2NO/c1-3-9-8-10(4-5-11(9)16-2)12(13,14)6-7-15/h4-5,8H,3,6H2,1-2H3. The van der Waals surface area contributed by atoms with Crippen LogP contribution < -0.4 is 4.74 Å². The van der Waals surface area contributed by atoms with Crippen molar-refractivity contribution in [3.63, 3.8) is 0 Å². The van der Waals surface area contributed by atoms with E-state index in [1.54, 1.807) is 0 Å². The third kappa shape index (κ3) is 2.48. The maximum absolute atomic E-state index is 13.4. The Balaban J connectivity index is 3.13. The van der Waals surface area contributed by atoms with Crippen LogP contribution in [0.4, 0.5) is 8.78 Å². The van der Waals surface area contributed by atoms with Crippen LogP contribution in [0.15, 0.2) is 18.2 Å². The Morgan fingerprint density at radius 3 is 2.62 bits per heavy atom. The number of hydrogen-bond donors (Lipinski definition) is 0. The van der Waals surface area contributed by atoms with Gasteiger partial charge in [-0.3, -0.25) is 0 Å². The Labute approximate surface area is 93.5 Å². The molecule has 0 saturated heterocycles. The minimum absolute atomic E-state index is 0.133. The summed E-state index contributed by atoms with van der Waals surface area (Å²) in [6.07, 6.45) is -0.192. The second-order valence-corrected chi connectivity index (χ2v) is 3.42. The van der Waals surface area contributed by atoms with Crippen molar-refractivity contribution in [2.75, 3.05) is 7.11 Å². The molecule has 0 fully saturated rings. The van der Waals surface area contributed by atoms with Crippen LogP contribution in [0.25, 0.3) is 0 Å². The molecule has 16 heavy (non-hydrogen) atoms. The number of methoxy groups -OCH3 is 1. The highest BCUT2D eigenvalue weighted by Gasteiger charge is 2.31. The molecule has 1 aromatic rings. The van der Waals surface area contributed by atoms with Gasteiger partial charge in [-0.1, -0.05) is 6.92 Å². The number of ether oxygens (including phenoxy) is 1. The first kappa shape index (κ1) is 12.4. The number of aryl methyl sites for hydroxylation is 1. The lowest BCUT2D eigenvalue weighted by Gasteiger charge is -2.15. The van der Waals surface area contributed by atoms with E-state index in [1.807, 2.05) is 6.92 Å². The number of hydrogen-bond acceptors (Lipinski definition) is 2. The summed E-state index contributed by atoms with van der Waals surface area (Å²) in [7, 11) is 1.50. The quantitative estimate of drug-likeness (QED) is 0.787. The van der Waals surface area contributed by atoms with Gasteiger partial charge in [0.1, 0.15) is 12.2 Å². The van der Waals surface area contributed by atoms with Crippen molar-refractivity contribution in [3.05, 3.63) is 29.3 Å². The van der Waals surface area contributed by atoms with E-state index in [1.165, 1.54) is 31.4 Å². The van der Waals surface area contributed by atoms with Crippen LogP contribution in [0, 0.1) is 11.3 Å². The minimum Gasteiger partial charge on any atom is -0.496 e. The van der Waals surface area contributed by atoms with E-state index in [-0.39, 0.29) is 5.56 Å². The fourth-order valence-electron chi connectivity index (χ4n) is 1.48. The van der Waals surface area contributed by atoms with E-state index in [0.717, 1.165) is 5.56 Å². The van der Waals surface area contributed by atoms with E-state index in [4.69, 9.17) is 10.00 Å². The van der Waals surface area contributed by atoms with Crippen LogP contribution in [0.1, 0.15) is 24.5 Å². The Bertz CT molecular complexity index is 410. The van der Waals surface area contributed by atoms with Crippen molar-refractivity contribution in [3.8, 4) is 11.8 Å². The molecule has 0 aliphatic rings. The van der Waals surface area contributed by atoms with Crippen molar-refractivity contribution in [2.45, 2.75) is 25.7 Å². The van der Waals surface area contributed by atoms with Gasteiger partial charge < -0.3 is 4.74 Å². The monoisotopic (exact) mass is 225 g/mol. The molecule has 0 aromatic heterocycles. The molecule has 0 saturated carbocycles. The zero-order valence-corrected chi connectivity index (χ0v) is 9.26. The molecule has 0 radical (unpaired) electrons. The zero-order chi connectivity index (χ0) is 12.2. The zero-order valence-electron chi connectivity index (χ0n) is 9.26. The average molecular weight is 225 g/mol. The van der Waals surface area contributed by atoms with Crippen molar-refractivity contribution in [2.24, 2.45) is 0 Å². The van der Waals surface area contributed by atoms with Crippen molar-refractivity contribution < 1.29 is 13.5 Å². The second-order valence-electron chi connectivity index (χ2n) is 3.42. The summed E-state index contributed by atoms with van der Waals surface area (Å²) in [5, 5.41) is 8.34. The highest BCUT2D eigenvalue weighted by atomic mass is 19.3. The molecule has 0 N–H and O–H groups in total. The van der Waals surface area contributed by atoms with E-state index in [0.29, 0.717) is 12.2 Å². The highest BCUT2D eigenvalue weighted by Crippen LogP contribution is 2.34. The summed E-state index contributed by atoms with van der Waals surface area (Å²) in [5.74, 6) is -2.50. The minimum atomic E-state index is -3.09. The molecule has 86 valence electrons. The third-order valence-corrected chi connectivity index (χ3v) is 2.38. The summed E-state index contributed by atoms with van der Waals surface area (Å²) >= 11 is 0. The van der Waals surface area contributed by atoms with Gasteiger partial charge in [0.25, 0.3) is 5.92 Å². The Morgan fingerprint density at radius 2 is 2.12 bits per heavy atom. The van der Waals surface area contributed by atoms with Crippen LogP contribution in [-0.2, 0) is 12.3 Å². The molecule has 1 rings (SSSR count). The normalized spacial score (nSPS) is 10.9. The summed E-state index contributed by atoms with van der Waals surface area (Å²) < 4.78 is 31.9. The van der Waals surface area contributed by atoms with Gasteiger partial charge >= 0.3 is 0 Å². The lowest BCUT2D eigenvalue weighted by atomic mass is 10.0. The fourth-order valence-corrected chi connectivity index (χ4v) is 1.48. The molecule has 1 aromatic carbocycles. The van der Waals surface area contributed by atoms with Crippen LogP contribution in [0.2, 0.25) is 0 Å². The number of rotatable bonds is 4. The largest absolute Gasteiger partial charge is 0.496 e. The van der Waals surface area contributed by atoms with E-state index in [9.17, 15) is 8.78 Å². The predicted octanol–water partition coefficient (Wildman–Crippen LogP) is 3.26. The Kier molecular flexibility index (Phi) is 3.83. The highest BCUT2D eigenvalue weighted by molar-refractivity contribution is 5.39. The van der Waals surface area contributed by atoms with Gasteiger partial charge in [-0.15, -0.1) is 0 Å². The third-order valence-electron chi connectivity index (χ3n) is 2.38. The second kappa shape index (κ2) is 4.93. The van der Waals surface area contributed by atoms with Crippen LogP contribution in [0.3, 0.4) is 0 Å². The maximum Gasteiger partial charge on any atom is 0.286 e. The van der Waals surface area contributed by atoms with Crippen LogP contribution in [-0.4, -0.2) is 7.11 Å². The SMILES string of the molecule is CCc1cc(C(F)(F)CC#N)ccc1OC. The van der Waals surface area contributed by atoms with Gasteiger partial charge in [0.15, 0.2) is 0 Å². The first-order valence-corrected chi connectivity index (χ1v) is 4.97. The lowest BCUT2D eigenvalue weighted by Crippen LogP contribution is -2.12. The average Bonchev–Trinajstić information content (AvgIpc) is 2.28. The van der Waals surface area contributed by atoms with Gasteiger partial charge in [-0.05, 0) is 30.2 Å². The molecule has 0 heterocycles. The van der Waals surface area contributed by atoms with E-state index < -0.39 is 12.3 Å². The van der Waals surface area contributed by atoms with Gasteiger partial charge in [0.2, 0.25) is 0 Å². The van der Waals surface area contributed by atoms with Crippen molar-refractivity contribution >= 4 is 0 Å². The fraction of sp³-hybridized carbons (Fsp3) is 0.417. The van der Waals surface area contributed by atoms with Gasteiger partial charge in [0.05, 0.1) is 13.2 Å². The summed E-state index contributed by atoms with van der Waals surface area (Å²) in [6.45, 7) is 1.87. The summed E-state index contributed by atoms with van der Waals surface area (Å²) in [4.78, 5) is 0. The smallest absolute Gasteiger partial charge is 0.286 e.